The van der Waals surface area contributed by atoms with Crippen LogP contribution in [0.5, 0.6) is 0 Å². The summed E-state index contributed by atoms with van der Waals surface area (Å²) < 4.78 is 5.97. The smallest absolute Gasteiger partial charge is 0.247 e. The van der Waals surface area contributed by atoms with Crippen molar-refractivity contribution in [1.29, 1.82) is 0 Å². The topological polar surface area (TPSA) is 114 Å². The molecule has 2 fully saturated rings. The van der Waals surface area contributed by atoms with Gasteiger partial charge in [-0.2, -0.15) is 0 Å². The number of carbonyl (C=O) groups is 3. The Hall–Kier alpha value is -2.45. The summed E-state index contributed by atoms with van der Waals surface area (Å²) in [6, 6.07) is 6.98. The van der Waals surface area contributed by atoms with E-state index >= 15 is 0 Å². The molecule has 0 spiro atoms. The minimum atomic E-state index is -0.709. The molecule has 0 saturated carbocycles. The minimum Gasteiger partial charge on any atom is -0.368 e. The molecule has 2 unspecified atom stereocenters. The van der Waals surface area contributed by atoms with Gasteiger partial charge in [0.15, 0.2) is 0 Å². The van der Waals surface area contributed by atoms with Crippen LogP contribution in [0, 0.1) is 11.8 Å². The summed E-state index contributed by atoms with van der Waals surface area (Å²) in [4.78, 5) is 39.4. The molecule has 0 aromatic heterocycles. The van der Waals surface area contributed by atoms with E-state index in [2.05, 4.69) is 28.8 Å². The lowest BCUT2D eigenvalue weighted by molar-refractivity contribution is -0.148. The summed E-state index contributed by atoms with van der Waals surface area (Å²) in [5.74, 6) is -0.816. The zero-order valence-corrected chi connectivity index (χ0v) is 17.3. The van der Waals surface area contributed by atoms with Crippen LogP contribution in [-0.2, 0) is 32.0 Å². The maximum atomic E-state index is 13.3. The highest BCUT2D eigenvalue weighted by Crippen LogP contribution is 2.42. The van der Waals surface area contributed by atoms with E-state index in [4.69, 9.17) is 10.5 Å². The molecule has 4 rings (SSSR count). The van der Waals surface area contributed by atoms with Crippen molar-refractivity contribution in [3.05, 3.63) is 35.4 Å². The van der Waals surface area contributed by atoms with Crippen LogP contribution >= 0.6 is 0 Å². The Bertz CT molecular complexity index is 829. The van der Waals surface area contributed by atoms with Gasteiger partial charge in [-0.05, 0) is 55.7 Å². The van der Waals surface area contributed by atoms with Crippen LogP contribution in [0.15, 0.2) is 24.3 Å². The van der Waals surface area contributed by atoms with E-state index in [1.54, 1.807) is 7.05 Å². The average Bonchev–Trinajstić information content (AvgIpc) is 3.05. The van der Waals surface area contributed by atoms with Crippen LogP contribution in [0.2, 0.25) is 0 Å². The number of fused-ring (bicyclic) bond motifs is 2. The molecule has 162 valence electrons. The number of rotatable bonds is 5. The number of likely N-dealkylation sites (N-methyl/N-ethyl adjacent to an activating group) is 1. The van der Waals surface area contributed by atoms with E-state index in [0.717, 1.165) is 19.3 Å². The Kier molecular flexibility index (Phi) is 6.06. The number of nitrogens with zero attached hydrogens (tertiary/aromatic N) is 1. The Morgan fingerprint density at radius 2 is 2.00 bits per heavy atom. The molecule has 8 nitrogen and oxygen atoms in total. The first-order valence-corrected chi connectivity index (χ1v) is 10.7. The fourth-order valence-electron chi connectivity index (χ4n) is 5.34. The highest BCUT2D eigenvalue weighted by molar-refractivity contribution is 5.93. The van der Waals surface area contributed by atoms with E-state index in [1.807, 2.05) is 6.07 Å². The summed E-state index contributed by atoms with van der Waals surface area (Å²) in [5, 5.41) is 5.54. The van der Waals surface area contributed by atoms with Crippen LogP contribution in [0.3, 0.4) is 0 Å². The quantitative estimate of drug-likeness (QED) is 0.625. The summed E-state index contributed by atoms with van der Waals surface area (Å²) >= 11 is 0. The Labute approximate surface area is 176 Å². The van der Waals surface area contributed by atoms with Crippen LogP contribution < -0.4 is 16.4 Å². The molecule has 3 amide bonds. The number of nitrogens with two attached hydrogens (primary N) is 1. The fourth-order valence-corrected chi connectivity index (χ4v) is 5.34. The number of hydrogen-bond donors (Lipinski definition) is 3. The van der Waals surface area contributed by atoms with Crippen molar-refractivity contribution in [2.45, 2.75) is 50.4 Å². The number of carbonyl (C=O) groups excluding carboxylic acids is 3. The molecule has 5 atom stereocenters. The molecule has 2 heterocycles. The highest BCUT2D eigenvalue weighted by Gasteiger charge is 2.52. The number of benzene rings is 1. The van der Waals surface area contributed by atoms with Gasteiger partial charge in [-0.3, -0.25) is 14.4 Å². The number of hydrogen-bond acceptors (Lipinski definition) is 5. The fraction of sp³-hybridized carbons (Fsp3) is 0.591. The second-order valence-electron chi connectivity index (χ2n) is 8.53. The standard InChI is InChI=1S/C22H30N4O4/c1-24-12-18(27)25-17-8-9-30-19-11-16(20(21(23)28)26(19)22(17)29)15-7-6-13-4-2-3-5-14(13)10-15/h2-5,15-17,19-20,24H,6-12H2,1H3,(H2,23,28)(H,25,27)/t15?,16?,17-,19-,20-/m0/s1. The number of nitrogens with one attached hydrogen (secondary N) is 2. The third-order valence-electron chi connectivity index (χ3n) is 6.71. The van der Waals surface area contributed by atoms with Crippen molar-refractivity contribution in [3.63, 3.8) is 0 Å². The van der Waals surface area contributed by atoms with Crippen LogP contribution in [-0.4, -0.2) is 61.1 Å². The zero-order chi connectivity index (χ0) is 21.3. The molecule has 2 aliphatic heterocycles. The minimum absolute atomic E-state index is 0.0448. The van der Waals surface area contributed by atoms with Gasteiger partial charge in [-0.1, -0.05) is 24.3 Å². The lowest BCUT2D eigenvalue weighted by Gasteiger charge is -2.34. The molecular weight excluding hydrogens is 384 g/mol. The maximum absolute atomic E-state index is 13.3. The van der Waals surface area contributed by atoms with Gasteiger partial charge < -0.3 is 26.0 Å². The average molecular weight is 415 g/mol. The molecule has 4 N–H and O–H groups in total. The first-order valence-electron chi connectivity index (χ1n) is 10.7. The summed E-state index contributed by atoms with van der Waals surface area (Å²) in [6.45, 7) is 0.473. The molecule has 8 heteroatoms. The van der Waals surface area contributed by atoms with Crippen molar-refractivity contribution < 1.29 is 19.1 Å². The van der Waals surface area contributed by atoms with Gasteiger partial charge in [0.1, 0.15) is 18.3 Å². The molecular formula is C22H30N4O4. The predicted octanol–water partition coefficient (Wildman–Crippen LogP) is -0.0555. The lowest BCUT2D eigenvalue weighted by Crippen LogP contribution is -2.56. The molecule has 30 heavy (non-hydrogen) atoms. The molecule has 1 aromatic carbocycles. The molecule has 0 radical (unpaired) electrons. The maximum Gasteiger partial charge on any atom is 0.247 e. The SMILES string of the molecule is CNCC(=O)N[C@H]1CCO[C@H]2CC(C3CCc4ccccc4C3)[C@@H](C(N)=O)N2C1=O. The molecule has 1 aromatic rings. The summed E-state index contributed by atoms with van der Waals surface area (Å²) in [5.41, 5.74) is 8.49. The lowest BCUT2D eigenvalue weighted by atomic mass is 9.74. The van der Waals surface area contributed by atoms with Gasteiger partial charge in [0.2, 0.25) is 17.7 Å². The molecule has 2 saturated heterocycles. The number of ether oxygens (including phenoxy) is 1. The monoisotopic (exact) mass is 414 g/mol. The first-order chi connectivity index (χ1) is 14.5. The van der Waals surface area contributed by atoms with Crippen molar-refractivity contribution in [2.75, 3.05) is 20.2 Å². The van der Waals surface area contributed by atoms with E-state index in [0.29, 0.717) is 19.4 Å². The van der Waals surface area contributed by atoms with Crippen LogP contribution in [0.4, 0.5) is 0 Å². The Balaban J connectivity index is 1.55. The summed E-state index contributed by atoms with van der Waals surface area (Å²) in [7, 11) is 1.67. The van der Waals surface area contributed by atoms with Gasteiger partial charge in [0.25, 0.3) is 0 Å². The highest BCUT2D eigenvalue weighted by atomic mass is 16.5. The van der Waals surface area contributed by atoms with E-state index in [1.165, 1.54) is 16.0 Å². The van der Waals surface area contributed by atoms with E-state index < -0.39 is 24.2 Å². The largest absolute Gasteiger partial charge is 0.368 e. The van der Waals surface area contributed by atoms with Gasteiger partial charge in [0.05, 0.1) is 13.2 Å². The normalized spacial score (nSPS) is 30.9. The van der Waals surface area contributed by atoms with E-state index in [9.17, 15) is 14.4 Å². The predicted molar refractivity (Wildman–Crippen MR) is 110 cm³/mol. The first kappa shape index (κ1) is 20.8. The third-order valence-corrected chi connectivity index (χ3v) is 6.71. The molecule has 1 aliphatic carbocycles. The Morgan fingerprint density at radius 1 is 1.23 bits per heavy atom. The zero-order valence-electron chi connectivity index (χ0n) is 17.3. The second kappa shape index (κ2) is 8.73. The van der Waals surface area contributed by atoms with Crippen molar-refractivity contribution in [3.8, 4) is 0 Å². The number of aryl methyl sites for hydroxylation is 1. The molecule has 3 aliphatic rings. The second-order valence-corrected chi connectivity index (χ2v) is 8.53. The van der Waals surface area contributed by atoms with Crippen molar-refractivity contribution in [2.24, 2.45) is 17.6 Å². The van der Waals surface area contributed by atoms with Crippen molar-refractivity contribution in [1.82, 2.24) is 15.5 Å². The number of amides is 3. The number of primary amides is 1. The summed E-state index contributed by atoms with van der Waals surface area (Å²) in [6.07, 6.45) is 3.32. The molecule has 0 bridgehead atoms. The van der Waals surface area contributed by atoms with Crippen molar-refractivity contribution >= 4 is 17.7 Å². The Morgan fingerprint density at radius 3 is 2.73 bits per heavy atom. The van der Waals surface area contributed by atoms with Crippen LogP contribution in [0.1, 0.15) is 30.4 Å². The third kappa shape index (κ3) is 3.94. The van der Waals surface area contributed by atoms with Gasteiger partial charge in [-0.25, -0.2) is 0 Å². The van der Waals surface area contributed by atoms with Gasteiger partial charge >= 0.3 is 0 Å². The van der Waals surface area contributed by atoms with Gasteiger partial charge in [0, 0.05) is 6.42 Å². The van der Waals surface area contributed by atoms with Crippen LogP contribution in [0.25, 0.3) is 0 Å². The van der Waals surface area contributed by atoms with E-state index in [-0.39, 0.29) is 30.2 Å². The van der Waals surface area contributed by atoms with Gasteiger partial charge in [-0.15, -0.1) is 0 Å².